The van der Waals surface area contributed by atoms with Crippen molar-refractivity contribution in [2.24, 2.45) is 7.05 Å². The van der Waals surface area contributed by atoms with Crippen LogP contribution in [0.1, 0.15) is 23.3 Å². The van der Waals surface area contributed by atoms with E-state index in [2.05, 4.69) is 4.72 Å². The van der Waals surface area contributed by atoms with Crippen LogP contribution < -0.4 is 4.72 Å². The molecule has 1 fully saturated rings. The summed E-state index contributed by atoms with van der Waals surface area (Å²) < 4.78 is 33.3. The SMILES string of the molecule is Cn1cc(S(=O)(=O)NC2CCOCC2)cc1C(=O)O. The van der Waals surface area contributed by atoms with E-state index in [1.54, 1.807) is 0 Å². The van der Waals surface area contributed by atoms with Gasteiger partial charge in [-0.15, -0.1) is 0 Å². The molecule has 1 aromatic rings. The van der Waals surface area contributed by atoms with Crippen molar-refractivity contribution in [1.29, 1.82) is 0 Å². The molecule has 7 nitrogen and oxygen atoms in total. The fraction of sp³-hybridized carbons (Fsp3) is 0.545. The smallest absolute Gasteiger partial charge is 0.352 e. The third-order valence-electron chi connectivity index (χ3n) is 3.05. The first-order valence-electron chi connectivity index (χ1n) is 5.90. The van der Waals surface area contributed by atoms with Crippen LogP contribution in [0.5, 0.6) is 0 Å². The molecule has 0 saturated carbocycles. The third-order valence-corrected chi connectivity index (χ3v) is 4.54. The molecule has 1 aliphatic rings. The molecule has 0 aliphatic carbocycles. The van der Waals surface area contributed by atoms with Crippen molar-refractivity contribution in [3.8, 4) is 0 Å². The van der Waals surface area contributed by atoms with Crippen LogP contribution in [0, 0.1) is 0 Å². The maximum Gasteiger partial charge on any atom is 0.352 e. The van der Waals surface area contributed by atoms with Gasteiger partial charge in [0.1, 0.15) is 10.6 Å². The van der Waals surface area contributed by atoms with Gasteiger partial charge in [0.2, 0.25) is 10.0 Å². The Kier molecular flexibility index (Phi) is 3.93. The van der Waals surface area contributed by atoms with Gasteiger partial charge in [-0.1, -0.05) is 0 Å². The molecule has 1 saturated heterocycles. The molecule has 0 bridgehead atoms. The lowest BCUT2D eigenvalue weighted by Gasteiger charge is -2.22. The topological polar surface area (TPSA) is 97.6 Å². The van der Waals surface area contributed by atoms with Crippen LogP contribution in [-0.2, 0) is 21.8 Å². The van der Waals surface area contributed by atoms with Gasteiger partial charge in [0.15, 0.2) is 0 Å². The Labute approximate surface area is 111 Å². The normalized spacial score (nSPS) is 17.5. The zero-order valence-corrected chi connectivity index (χ0v) is 11.3. The van der Waals surface area contributed by atoms with Crippen LogP contribution >= 0.6 is 0 Å². The molecule has 19 heavy (non-hydrogen) atoms. The number of aromatic nitrogens is 1. The number of nitrogens with one attached hydrogen (secondary N) is 1. The summed E-state index contributed by atoms with van der Waals surface area (Å²) in [4.78, 5) is 10.9. The fourth-order valence-electron chi connectivity index (χ4n) is 2.00. The Bertz CT molecular complexity index is 572. The molecule has 2 heterocycles. The highest BCUT2D eigenvalue weighted by Gasteiger charge is 2.24. The second-order valence-corrected chi connectivity index (χ2v) is 6.20. The summed E-state index contributed by atoms with van der Waals surface area (Å²) in [6.07, 6.45) is 2.54. The number of hydrogen-bond donors (Lipinski definition) is 2. The van der Waals surface area contributed by atoms with Crippen molar-refractivity contribution in [3.05, 3.63) is 18.0 Å². The van der Waals surface area contributed by atoms with Gasteiger partial charge in [0, 0.05) is 32.5 Å². The second kappa shape index (κ2) is 5.32. The number of nitrogens with zero attached hydrogens (tertiary/aromatic N) is 1. The summed E-state index contributed by atoms with van der Waals surface area (Å²) in [5, 5.41) is 8.91. The third kappa shape index (κ3) is 3.14. The minimum atomic E-state index is -3.68. The van der Waals surface area contributed by atoms with E-state index in [1.165, 1.54) is 17.8 Å². The minimum Gasteiger partial charge on any atom is -0.477 e. The van der Waals surface area contributed by atoms with E-state index in [4.69, 9.17) is 9.84 Å². The quantitative estimate of drug-likeness (QED) is 0.823. The summed E-state index contributed by atoms with van der Waals surface area (Å²) in [7, 11) is -2.19. The maximum atomic E-state index is 12.1. The van der Waals surface area contributed by atoms with Crippen molar-refractivity contribution in [2.45, 2.75) is 23.8 Å². The lowest BCUT2D eigenvalue weighted by atomic mass is 10.1. The Hall–Kier alpha value is -1.38. The molecule has 0 unspecified atom stereocenters. The molecule has 8 heteroatoms. The van der Waals surface area contributed by atoms with Crippen LogP contribution in [0.4, 0.5) is 0 Å². The summed E-state index contributed by atoms with van der Waals surface area (Å²) in [5.74, 6) is -1.16. The molecule has 0 radical (unpaired) electrons. The highest BCUT2D eigenvalue weighted by molar-refractivity contribution is 7.89. The van der Waals surface area contributed by atoms with Gasteiger partial charge in [-0.25, -0.2) is 17.9 Å². The van der Waals surface area contributed by atoms with Crippen LogP contribution in [0.3, 0.4) is 0 Å². The fourth-order valence-corrected chi connectivity index (χ4v) is 3.37. The Morgan fingerprint density at radius 2 is 2.11 bits per heavy atom. The number of carboxylic acids is 1. The maximum absolute atomic E-state index is 12.1. The van der Waals surface area contributed by atoms with Crippen molar-refractivity contribution >= 4 is 16.0 Å². The van der Waals surface area contributed by atoms with Crippen molar-refractivity contribution in [3.63, 3.8) is 0 Å². The zero-order chi connectivity index (χ0) is 14.0. The number of rotatable bonds is 4. The number of aryl methyl sites for hydroxylation is 1. The first kappa shape index (κ1) is 14.0. The predicted molar refractivity (Wildman–Crippen MR) is 66.5 cm³/mol. The Morgan fingerprint density at radius 1 is 1.47 bits per heavy atom. The van der Waals surface area contributed by atoms with Crippen LogP contribution in [-0.4, -0.2) is 43.3 Å². The van der Waals surface area contributed by atoms with Gasteiger partial charge in [-0.3, -0.25) is 0 Å². The molecular formula is C11H16N2O5S. The largest absolute Gasteiger partial charge is 0.477 e. The Balaban J connectivity index is 2.19. The molecule has 1 aliphatic heterocycles. The van der Waals surface area contributed by atoms with E-state index in [0.29, 0.717) is 26.1 Å². The highest BCUT2D eigenvalue weighted by Crippen LogP contribution is 2.16. The van der Waals surface area contributed by atoms with E-state index in [-0.39, 0.29) is 16.6 Å². The lowest BCUT2D eigenvalue weighted by Crippen LogP contribution is -2.38. The van der Waals surface area contributed by atoms with Gasteiger partial charge in [0.25, 0.3) is 0 Å². The predicted octanol–water partition coefficient (Wildman–Crippen LogP) is 0.181. The van der Waals surface area contributed by atoms with Crippen LogP contribution in [0.15, 0.2) is 17.2 Å². The van der Waals surface area contributed by atoms with E-state index < -0.39 is 16.0 Å². The van der Waals surface area contributed by atoms with Crippen LogP contribution in [0.2, 0.25) is 0 Å². The number of carbonyl (C=O) groups is 1. The molecule has 0 spiro atoms. The second-order valence-electron chi connectivity index (χ2n) is 4.49. The van der Waals surface area contributed by atoms with E-state index in [1.807, 2.05) is 0 Å². The summed E-state index contributed by atoms with van der Waals surface area (Å²) >= 11 is 0. The molecular weight excluding hydrogens is 272 g/mol. The number of carboxylic acid groups (broad SMARTS) is 1. The number of sulfonamides is 1. The number of aromatic carboxylic acids is 1. The Morgan fingerprint density at radius 3 is 2.63 bits per heavy atom. The van der Waals surface area contributed by atoms with Crippen molar-refractivity contribution < 1.29 is 23.1 Å². The monoisotopic (exact) mass is 288 g/mol. The van der Waals surface area contributed by atoms with Crippen molar-refractivity contribution in [1.82, 2.24) is 9.29 Å². The van der Waals surface area contributed by atoms with Gasteiger partial charge < -0.3 is 14.4 Å². The van der Waals surface area contributed by atoms with E-state index in [9.17, 15) is 13.2 Å². The average molecular weight is 288 g/mol. The molecule has 106 valence electrons. The lowest BCUT2D eigenvalue weighted by molar-refractivity contribution is 0.0686. The average Bonchev–Trinajstić information content (AvgIpc) is 2.73. The van der Waals surface area contributed by atoms with Gasteiger partial charge in [-0.2, -0.15) is 0 Å². The molecule has 1 aromatic heterocycles. The zero-order valence-electron chi connectivity index (χ0n) is 10.5. The van der Waals surface area contributed by atoms with E-state index >= 15 is 0 Å². The van der Waals surface area contributed by atoms with Gasteiger partial charge >= 0.3 is 5.97 Å². The summed E-state index contributed by atoms with van der Waals surface area (Å²) in [5.41, 5.74) is -0.0626. The molecule has 2 N–H and O–H groups in total. The van der Waals surface area contributed by atoms with E-state index in [0.717, 1.165) is 6.07 Å². The number of ether oxygens (including phenoxy) is 1. The standard InChI is InChI=1S/C11H16N2O5S/c1-13-7-9(6-10(13)11(14)15)19(16,17)12-8-2-4-18-5-3-8/h6-8,12H,2-5H2,1H3,(H,14,15). The van der Waals surface area contributed by atoms with Gasteiger partial charge in [-0.05, 0) is 18.9 Å². The first-order valence-corrected chi connectivity index (χ1v) is 7.38. The minimum absolute atomic E-state index is 0.0288. The highest BCUT2D eigenvalue weighted by atomic mass is 32.2. The molecule has 0 atom stereocenters. The summed E-state index contributed by atoms with van der Waals surface area (Å²) in [6.45, 7) is 1.06. The molecule has 2 rings (SSSR count). The molecule has 0 aromatic carbocycles. The first-order chi connectivity index (χ1) is 8.90. The summed E-state index contributed by atoms with van der Waals surface area (Å²) in [6, 6.07) is 0.997. The van der Waals surface area contributed by atoms with Gasteiger partial charge in [0.05, 0.1) is 0 Å². The molecule has 0 amide bonds. The number of hydrogen-bond acceptors (Lipinski definition) is 4. The van der Waals surface area contributed by atoms with Crippen molar-refractivity contribution in [2.75, 3.05) is 13.2 Å². The van der Waals surface area contributed by atoms with Crippen LogP contribution in [0.25, 0.3) is 0 Å².